The van der Waals surface area contributed by atoms with Crippen LogP contribution in [0.25, 0.3) is 0 Å². The van der Waals surface area contributed by atoms with Crippen LogP contribution in [0.3, 0.4) is 0 Å². The third-order valence-electron chi connectivity index (χ3n) is 4.39. The predicted molar refractivity (Wildman–Crippen MR) is 109 cm³/mol. The maximum Gasteiger partial charge on any atom is 0.319 e. The van der Waals surface area contributed by atoms with Crippen LogP contribution in [0.1, 0.15) is 18.5 Å². The normalized spacial score (nSPS) is 16.1. The third-order valence-corrected chi connectivity index (χ3v) is 5.11. The third kappa shape index (κ3) is 3.96. The molecule has 3 amide bonds. The lowest BCUT2D eigenvalue weighted by Crippen LogP contribution is -2.46. The maximum atomic E-state index is 13.1. The van der Waals surface area contributed by atoms with E-state index in [9.17, 15) is 9.59 Å². The van der Waals surface area contributed by atoms with Crippen LogP contribution in [-0.2, 0) is 4.79 Å². The molecule has 0 radical (unpaired) electrons. The van der Waals surface area contributed by atoms with Crippen molar-refractivity contribution in [2.45, 2.75) is 13.0 Å². The second kappa shape index (κ2) is 8.35. The van der Waals surface area contributed by atoms with Gasteiger partial charge < -0.3 is 25.4 Å². The van der Waals surface area contributed by atoms with Crippen molar-refractivity contribution in [3.8, 4) is 11.5 Å². The van der Waals surface area contributed by atoms with Gasteiger partial charge in [0.15, 0.2) is 0 Å². The monoisotopic (exact) mass is 445 g/mol. The quantitative estimate of drug-likeness (QED) is 0.653. The summed E-state index contributed by atoms with van der Waals surface area (Å²) in [6.07, 6.45) is 0. The van der Waals surface area contributed by atoms with Gasteiger partial charge >= 0.3 is 6.03 Å². The number of carbonyl (C=O) groups excluding carboxylic acids is 2. The van der Waals surface area contributed by atoms with Crippen LogP contribution in [0.15, 0.2) is 58.2 Å². The molecule has 28 heavy (non-hydrogen) atoms. The molecule has 1 aliphatic heterocycles. The van der Waals surface area contributed by atoms with Gasteiger partial charge in [-0.1, -0.05) is 34.1 Å². The summed E-state index contributed by atoms with van der Waals surface area (Å²) < 4.78 is 11.3. The first-order chi connectivity index (χ1) is 13.4. The minimum atomic E-state index is -0.603. The second-order valence-corrected chi connectivity index (χ2v) is 6.97. The van der Waals surface area contributed by atoms with Gasteiger partial charge in [-0.25, -0.2) is 4.79 Å². The molecule has 1 atom stereocenters. The molecule has 7 nitrogen and oxygen atoms in total. The number of rotatable bonds is 5. The molecular weight excluding hydrogens is 426 g/mol. The fraction of sp³-hybridized carbons (Fsp3) is 0.200. The predicted octanol–water partition coefficient (Wildman–Crippen LogP) is 3.73. The number of urea groups is 1. The summed E-state index contributed by atoms with van der Waals surface area (Å²) in [5.41, 5.74) is 2.17. The lowest BCUT2D eigenvalue weighted by atomic mass is 9.95. The average molecular weight is 446 g/mol. The van der Waals surface area contributed by atoms with Crippen molar-refractivity contribution in [2.75, 3.05) is 19.5 Å². The number of amides is 3. The average Bonchev–Trinajstić information content (AvgIpc) is 2.67. The van der Waals surface area contributed by atoms with E-state index in [4.69, 9.17) is 9.47 Å². The maximum absolute atomic E-state index is 13.1. The number of carbonyl (C=O) groups is 2. The fourth-order valence-corrected chi connectivity index (χ4v) is 3.54. The van der Waals surface area contributed by atoms with E-state index in [0.717, 1.165) is 10.0 Å². The van der Waals surface area contributed by atoms with Crippen LogP contribution < -0.4 is 25.4 Å². The zero-order valence-corrected chi connectivity index (χ0v) is 17.2. The summed E-state index contributed by atoms with van der Waals surface area (Å²) in [5, 5.41) is 8.34. The standard InChI is InChI=1S/C20H20BrN3O4/c1-11-17(18(24-20(26)22-11)13-6-4-5-7-14(13)21)19(25)23-15-9-8-12(27-2)10-16(15)28-3/h4-10,18H,1-3H3,(H,23,25)(H2,22,24,26)/t18-/m0/s1. The summed E-state index contributed by atoms with van der Waals surface area (Å²) >= 11 is 3.49. The van der Waals surface area contributed by atoms with Gasteiger partial charge in [0.1, 0.15) is 11.5 Å². The van der Waals surface area contributed by atoms with Crippen LogP contribution in [0.5, 0.6) is 11.5 Å². The number of anilines is 1. The molecule has 0 spiro atoms. The molecule has 0 bridgehead atoms. The Hall–Kier alpha value is -3.00. The highest BCUT2D eigenvalue weighted by Gasteiger charge is 2.32. The Morgan fingerprint density at radius 1 is 1.14 bits per heavy atom. The van der Waals surface area contributed by atoms with E-state index in [1.165, 1.54) is 7.11 Å². The van der Waals surface area contributed by atoms with Gasteiger partial charge in [-0.15, -0.1) is 0 Å². The Morgan fingerprint density at radius 2 is 1.89 bits per heavy atom. The van der Waals surface area contributed by atoms with Gasteiger partial charge in [0.2, 0.25) is 0 Å². The molecule has 0 fully saturated rings. The molecule has 146 valence electrons. The zero-order valence-electron chi connectivity index (χ0n) is 15.6. The van der Waals surface area contributed by atoms with E-state index >= 15 is 0 Å². The van der Waals surface area contributed by atoms with Crippen molar-refractivity contribution in [1.29, 1.82) is 0 Å². The highest BCUT2D eigenvalue weighted by molar-refractivity contribution is 9.10. The molecule has 2 aromatic carbocycles. The first-order valence-electron chi connectivity index (χ1n) is 8.50. The highest BCUT2D eigenvalue weighted by Crippen LogP contribution is 2.34. The van der Waals surface area contributed by atoms with Crippen molar-refractivity contribution in [2.24, 2.45) is 0 Å². The van der Waals surface area contributed by atoms with Crippen LogP contribution in [0.4, 0.5) is 10.5 Å². The Balaban J connectivity index is 1.97. The molecule has 1 heterocycles. The van der Waals surface area contributed by atoms with Gasteiger partial charge in [0, 0.05) is 16.2 Å². The van der Waals surface area contributed by atoms with E-state index in [-0.39, 0.29) is 11.9 Å². The number of methoxy groups -OCH3 is 2. The number of benzene rings is 2. The lowest BCUT2D eigenvalue weighted by molar-refractivity contribution is -0.113. The fourth-order valence-electron chi connectivity index (χ4n) is 3.03. The van der Waals surface area contributed by atoms with Gasteiger partial charge in [0.25, 0.3) is 5.91 Å². The zero-order chi connectivity index (χ0) is 20.3. The topological polar surface area (TPSA) is 88.7 Å². The molecule has 0 saturated carbocycles. The summed E-state index contributed by atoms with van der Waals surface area (Å²) in [5.74, 6) is 0.730. The van der Waals surface area contributed by atoms with Gasteiger partial charge in [-0.2, -0.15) is 0 Å². The molecule has 3 rings (SSSR count). The van der Waals surface area contributed by atoms with Crippen molar-refractivity contribution >= 4 is 33.6 Å². The summed E-state index contributed by atoms with van der Waals surface area (Å²) in [6.45, 7) is 1.70. The highest BCUT2D eigenvalue weighted by atomic mass is 79.9. The molecule has 3 N–H and O–H groups in total. The molecule has 0 aliphatic carbocycles. The van der Waals surface area contributed by atoms with E-state index in [1.807, 2.05) is 24.3 Å². The SMILES string of the molecule is COc1ccc(NC(=O)C2=C(C)NC(=O)N[C@H]2c2ccccc2Br)c(OC)c1. The number of ether oxygens (including phenoxy) is 2. The number of hydrogen-bond donors (Lipinski definition) is 3. The molecule has 0 aromatic heterocycles. The van der Waals surface area contributed by atoms with Crippen molar-refractivity contribution in [3.63, 3.8) is 0 Å². The van der Waals surface area contributed by atoms with E-state index in [2.05, 4.69) is 31.9 Å². The van der Waals surface area contributed by atoms with Crippen LogP contribution in [0, 0.1) is 0 Å². The number of hydrogen-bond acceptors (Lipinski definition) is 4. The van der Waals surface area contributed by atoms with Crippen LogP contribution in [0.2, 0.25) is 0 Å². The van der Waals surface area contributed by atoms with Gasteiger partial charge in [-0.3, -0.25) is 4.79 Å². The smallest absolute Gasteiger partial charge is 0.319 e. The Bertz CT molecular complexity index is 958. The van der Waals surface area contributed by atoms with Crippen molar-refractivity contribution < 1.29 is 19.1 Å². The first kappa shape index (κ1) is 19.8. The minimum absolute atomic E-state index is 0.353. The van der Waals surface area contributed by atoms with Gasteiger partial charge in [-0.05, 0) is 30.7 Å². The molecule has 1 aliphatic rings. The first-order valence-corrected chi connectivity index (χ1v) is 9.30. The molecule has 2 aromatic rings. The number of halogens is 1. The number of allylic oxidation sites excluding steroid dienone is 1. The minimum Gasteiger partial charge on any atom is -0.497 e. The summed E-state index contributed by atoms with van der Waals surface area (Å²) in [4.78, 5) is 25.2. The Morgan fingerprint density at radius 3 is 2.57 bits per heavy atom. The molecule has 8 heteroatoms. The molecular formula is C20H20BrN3O4. The van der Waals surface area contributed by atoms with Crippen molar-refractivity contribution in [1.82, 2.24) is 10.6 Å². The van der Waals surface area contributed by atoms with Crippen LogP contribution >= 0.6 is 15.9 Å². The Kier molecular flexibility index (Phi) is 5.89. The van der Waals surface area contributed by atoms with E-state index < -0.39 is 6.04 Å². The summed E-state index contributed by atoms with van der Waals surface area (Å²) in [7, 11) is 3.07. The summed E-state index contributed by atoms with van der Waals surface area (Å²) in [6, 6.07) is 11.6. The number of nitrogens with one attached hydrogen (secondary N) is 3. The Labute approximate surface area is 171 Å². The van der Waals surface area contributed by atoms with Crippen LogP contribution in [-0.4, -0.2) is 26.2 Å². The molecule has 0 saturated heterocycles. The largest absolute Gasteiger partial charge is 0.497 e. The lowest BCUT2D eigenvalue weighted by Gasteiger charge is -2.29. The van der Waals surface area contributed by atoms with E-state index in [0.29, 0.717) is 28.5 Å². The van der Waals surface area contributed by atoms with Gasteiger partial charge in [0.05, 0.1) is 31.5 Å². The van der Waals surface area contributed by atoms with Crippen molar-refractivity contribution in [3.05, 3.63) is 63.8 Å². The van der Waals surface area contributed by atoms with E-state index in [1.54, 1.807) is 32.2 Å². The second-order valence-electron chi connectivity index (χ2n) is 6.11. The molecule has 0 unspecified atom stereocenters.